The fraction of sp³-hybridized carbons (Fsp3) is 0.375. The van der Waals surface area contributed by atoms with Gasteiger partial charge in [0.05, 0.1) is 0 Å². The van der Waals surface area contributed by atoms with Gasteiger partial charge in [0.15, 0.2) is 11.5 Å². The first-order chi connectivity index (χ1) is 10.3. The van der Waals surface area contributed by atoms with Gasteiger partial charge in [0.25, 0.3) is 5.91 Å². The molecule has 1 amide bonds. The zero-order valence-electron chi connectivity index (χ0n) is 11.7. The molecule has 2 atom stereocenters. The number of amides is 1. The van der Waals surface area contributed by atoms with Crippen molar-refractivity contribution in [3.63, 3.8) is 0 Å². The highest BCUT2D eigenvalue weighted by atomic mass is 16.6. The number of ether oxygens (including phenoxy) is 2. The normalized spacial score (nSPS) is 24.0. The molecule has 0 aromatic heterocycles. The predicted octanol–water partition coefficient (Wildman–Crippen LogP) is 2.28. The van der Waals surface area contributed by atoms with Crippen LogP contribution in [0.2, 0.25) is 0 Å². The Morgan fingerprint density at radius 2 is 2.14 bits per heavy atom. The molecule has 1 aliphatic heterocycles. The average molecular weight is 286 g/mol. The molecule has 110 valence electrons. The number of hydrogen-bond donors (Lipinski definition) is 1. The van der Waals surface area contributed by atoms with E-state index in [1.807, 2.05) is 18.2 Å². The highest BCUT2D eigenvalue weighted by molar-refractivity contribution is 5.82. The molecule has 5 nitrogen and oxygen atoms in total. The molecular formula is C16H18N2O3. The van der Waals surface area contributed by atoms with Crippen molar-refractivity contribution in [1.29, 1.82) is 0 Å². The second-order valence-corrected chi connectivity index (χ2v) is 5.16. The van der Waals surface area contributed by atoms with Gasteiger partial charge < -0.3 is 9.47 Å². The maximum atomic E-state index is 12.0. The molecule has 1 aliphatic carbocycles. The van der Waals surface area contributed by atoms with E-state index in [0.29, 0.717) is 17.4 Å². The van der Waals surface area contributed by atoms with Crippen LogP contribution < -0.4 is 14.9 Å². The summed E-state index contributed by atoms with van der Waals surface area (Å²) in [6.07, 6.45) is 8.59. The Hall–Kier alpha value is -2.30. The highest BCUT2D eigenvalue weighted by Gasteiger charge is 2.27. The van der Waals surface area contributed by atoms with Crippen molar-refractivity contribution in [2.24, 2.45) is 11.0 Å². The number of carbonyl (C=O) groups excluding carboxylic acids is 1. The largest absolute Gasteiger partial charge is 0.485 e. The number of hydrogen-bond acceptors (Lipinski definition) is 4. The Bertz CT molecular complexity index is 568. The summed E-state index contributed by atoms with van der Waals surface area (Å²) in [6, 6.07) is 7.31. The minimum Gasteiger partial charge on any atom is -0.485 e. The minimum atomic E-state index is -0.664. The van der Waals surface area contributed by atoms with E-state index in [1.54, 1.807) is 12.3 Å². The SMILES string of the molecule is O=C(N/N=C\[C@@H]1CC=CCC1)[C@@H]1COc2ccccc2O1. The number of rotatable bonds is 3. The quantitative estimate of drug-likeness (QED) is 0.527. The number of benzene rings is 1. The Kier molecular flexibility index (Phi) is 4.19. The number of fused-ring (bicyclic) bond motifs is 1. The molecule has 3 rings (SSSR count). The van der Waals surface area contributed by atoms with Crippen LogP contribution in [-0.2, 0) is 4.79 Å². The van der Waals surface area contributed by atoms with Crippen LogP contribution in [-0.4, -0.2) is 24.8 Å². The minimum absolute atomic E-state index is 0.199. The molecule has 0 saturated carbocycles. The smallest absolute Gasteiger partial charge is 0.284 e. The van der Waals surface area contributed by atoms with Gasteiger partial charge in [0.2, 0.25) is 6.10 Å². The maximum absolute atomic E-state index is 12.0. The Balaban J connectivity index is 1.52. The summed E-state index contributed by atoms with van der Waals surface area (Å²) >= 11 is 0. The van der Waals surface area contributed by atoms with E-state index in [0.717, 1.165) is 19.3 Å². The lowest BCUT2D eigenvalue weighted by Gasteiger charge is -2.24. The van der Waals surface area contributed by atoms with Crippen LogP contribution in [0.25, 0.3) is 0 Å². The van der Waals surface area contributed by atoms with E-state index in [4.69, 9.17) is 9.47 Å². The first kappa shape index (κ1) is 13.7. The molecule has 0 spiro atoms. The first-order valence-corrected chi connectivity index (χ1v) is 7.19. The molecular weight excluding hydrogens is 268 g/mol. The Labute approximate surface area is 123 Å². The van der Waals surface area contributed by atoms with Gasteiger partial charge in [0.1, 0.15) is 6.61 Å². The molecule has 1 heterocycles. The van der Waals surface area contributed by atoms with Gasteiger partial charge in [0, 0.05) is 6.21 Å². The van der Waals surface area contributed by atoms with Gasteiger partial charge in [-0.15, -0.1) is 0 Å². The molecule has 1 N–H and O–H groups in total. The number of carbonyl (C=O) groups is 1. The number of hydrazone groups is 1. The summed E-state index contributed by atoms with van der Waals surface area (Å²) in [5.74, 6) is 1.37. The molecule has 0 saturated heterocycles. The molecule has 21 heavy (non-hydrogen) atoms. The van der Waals surface area contributed by atoms with Crippen LogP contribution >= 0.6 is 0 Å². The number of para-hydroxylation sites is 2. The van der Waals surface area contributed by atoms with Crippen LogP contribution in [0.15, 0.2) is 41.5 Å². The van der Waals surface area contributed by atoms with Crippen molar-refractivity contribution in [3.8, 4) is 11.5 Å². The zero-order valence-corrected chi connectivity index (χ0v) is 11.7. The Morgan fingerprint density at radius 3 is 2.95 bits per heavy atom. The van der Waals surface area contributed by atoms with E-state index < -0.39 is 6.10 Å². The lowest BCUT2D eigenvalue weighted by molar-refractivity contribution is -0.130. The zero-order chi connectivity index (χ0) is 14.5. The van der Waals surface area contributed by atoms with E-state index in [-0.39, 0.29) is 12.5 Å². The third-order valence-corrected chi connectivity index (χ3v) is 3.57. The lowest BCUT2D eigenvalue weighted by Crippen LogP contribution is -2.42. The highest BCUT2D eigenvalue weighted by Crippen LogP contribution is 2.30. The van der Waals surface area contributed by atoms with E-state index in [9.17, 15) is 4.79 Å². The van der Waals surface area contributed by atoms with Gasteiger partial charge in [-0.1, -0.05) is 24.3 Å². The van der Waals surface area contributed by atoms with Crippen molar-refractivity contribution < 1.29 is 14.3 Å². The molecule has 0 unspecified atom stereocenters. The van der Waals surface area contributed by atoms with Crippen molar-refractivity contribution >= 4 is 12.1 Å². The molecule has 2 aliphatic rings. The average Bonchev–Trinajstić information content (AvgIpc) is 2.55. The van der Waals surface area contributed by atoms with Gasteiger partial charge in [-0.3, -0.25) is 4.79 Å². The van der Waals surface area contributed by atoms with Crippen LogP contribution in [0.1, 0.15) is 19.3 Å². The third-order valence-electron chi connectivity index (χ3n) is 3.57. The fourth-order valence-corrected chi connectivity index (χ4v) is 2.38. The van der Waals surface area contributed by atoms with Crippen molar-refractivity contribution in [3.05, 3.63) is 36.4 Å². The van der Waals surface area contributed by atoms with E-state index >= 15 is 0 Å². The van der Waals surface area contributed by atoms with Crippen LogP contribution in [0, 0.1) is 5.92 Å². The molecule has 1 aromatic rings. The third kappa shape index (κ3) is 3.42. The van der Waals surface area contributed by atoms with Gasteiger partial charge in [-0.05, 0) is 37.3 Å². The van der Waals surface area contributed by atoms with E-state index in [1.165, 1.54) is 0 Å². The topological polar surface area (TPSA) is 59.9 Å². The van der Waals surface area contributed by atoms with Crippen molar-refractivity contribution in [2.75, 3.05) is 6.61 Å². The molecule has 1 aromatic carbocycles. The van der Waals surface area contributed by atoms with Gasteiger partial charge in [-0.25, -0.2) is 5.43 Å². The Morgan fingerprint density at radius 1 is 1.29 bits per heavy atom. The number of nitrogens with one attached hydrogen (secondary N) is 1. The number of allylic oxidation sites excluding steroid dienone is 2. The maximum Gasteiger partial charge on any atom is 0.284 e. The lowest BCUT2D eigenvalue weighted by atomic mass is 9.96. The van der Waals surface area contributed by atoms with Crippen LogP contribution in [0.5, 0.6) is 11.5 Å². The molecule has 5 heteroatoms. The van der Waals surface area contributed by atoms with Crippen LogP contribution in [0.3, 0.4) is 0 Å². The standard InChI is InChI=1S/C16H18N2O3/c19-16(18-17-10-12-6-2-1-3-7-12)15-11-20-13-8-4-5-9-14(13)21-15/h1-2,4-5,8-10,12,15H,3,6-7,11H2,(H,18,19)/b17-10-/t12-,15+/m1/s1. The summed E-state index contributed by atoms with van der Waals surface area (Å²) in [7, 11) is 0. The van der Waals surface area contributed by atoms with Crippen molar-refractivity contribution in [1.82, 2.24) is 5.43 Å². The number of nitrogens with zero attached hydrogens (tertiary/aromatic N) is 1. The van der Waals surface area contributed by atoms with E-state index in [2.05, 4.69) is 22.7 Å². The van der Waals surface area contributed by atoms with Gasteiger partial charge >= 0.3 is 0 Å². The summed E-state index contributed by atoms with van der Waals surface area (Å²) in [5, 5.41) is 4.03. The molecule has 0 fully saturated rings. The summed E-state index contributed by atoms with van der Waals surface area (Å²) in [5.41, 5.74) is 2.53. The second-order valence-electron chi connectivity index (χ2n) is 5.16. The summed E-state index contributed by atoms with van der Waals surface area (Å²) in [4.78, 5) is 12.0. The predicted molar refractivity (Wildman–Crippen MR) is 79.5 cm³/mol. The fourth-order valence-electron chi connectivity index (χ4n) is 2.38. The summed E-state index contributed by atoms with van der Waals surface area (Å²) in [6.45, 7) is 0.199. The summed E-state index contributed by atoms with van der Waals surface area (Å²) < 4.78 is 11.1. The van der Waals surface area contributed by atoms with Gasteiger partial charge in [-0.2, -0.15) is 5.10 Å². The second kappa shape index (κ2) is 6.43. The molecule has 0 radical (unpaired) electrons. The van der Waals surface area contributed by atoms with Crippen LogP contribution in [0.4, 0.5) is 0 Å². The first-order valence-electron chi connectivity index (χ1n) is 7.19. The monoisotopic (exact) mass is 286 g/mol. The van der Waals surface area contributed by atoms with Crippen molar-refractivity contribution in [2.45, 2.75) is 25.4 Å². The molecule has 0 bridgehead atoms.